The van der Waals surface area contributed by atoms with Gasteiger partial charge in [0.15, 0.2) is 5.75 Å². The highest BCUT2D eigenvalue weighted by atomic mass is 32.1. The zero-order valence-corrected chi connectivity index (χ0v) is 7.96. The first-order valence-corrected chi connectivity index (χ1v) is 4.03. The molecule has 0 saturated heterocycles. The van der Waals surface area contributed by atoms with E-state index in [1.165, 1.54) is 0 Å². The molecule has 3 heteroatoms. The number of aromatic hydroxyl groups is 1. The average Bonchev–Trinajstić information content (AvgIpc) is 2.01. The van der Waals surface area contributed by atoms with E-state index in [4.69, 9.17) is 12.2 Å². The number of aryl methyl sites for hydroxylation is 2. The summed E-state index contributed by atoms with van der Waals surface area (Å²) in [5, 5.41) is 9.46. The molecular formula is C9H11NOS. The Kier molecular flexibility index (Phi) is 2.33. The van der Waals surface area contributed by atoms with Crippen molar-refractivity contribution >= 4 is 18.3 Å². The third-order valence-electron chi connectivity index (χ3n) is 1.80. The fraction of sp³-hybridized carbons (Fsp3) is 0.222. The number of nitrogens with one attached hydrogen (secondary N) is 1. The predicted molar refractivity (Wildman–Crippen MR) is 52.9 cm³/mol. The van der Waals surface area contributed by atoms with Gasteiger partial charge in [0.05, 0.1) is 10.2 Å². The van der Waals surface area contributed by atoms with Gasteiger partial charge in [-0.2, -0.15) is 0 Å². The largest absolute Gasteiger partial charge is 0.505 e. The summed E-state index contributed by atoms with van der Waals surface area (Å²) in [5.41, 5.74) is 2.43. The van der Waals surface area contributed by atoms with Gasteiger partial charge in [-0.25, -0.2) is 0 Å². The summed E-state index contributed by atoms with van der Waals surface area (Å²) in [7, 11) is 0. The molecule has 2 nitrogen and oxygen atoms in total. The van der Waals surface area contributed by atoms with E-state index in [1.807, 2.05) is 6.92 Å². The Balaban J connectivity index is 3.63. The highest BCUT2D eigenvalue weighted by Crippen LogP contribution is 2.21. The summed E-state index contributed by atoms with van der Waals surface area (Å²) in [6.45, 7) is 7.31. The molecule has 0 bridgehead atoms. The molecule has 1 rings (SSSR count). The second-order valence-electron chi connectivity index (χ2n) is 2.67. The van der Waals surface area contributed by atoms with E-state index in [0.29, 0.717) is 10.2 Å². The number of H-pyrrole nitrogens is 1. The molecule has 1 aromatic rings. The Morgan fingerprint density at radius 2 is 2.00 bits per heavy atom. The summed E-state index contributed by atoms with van der Waals surface area (Å²) < 4.78 is 0.471. The molecular weight excluding hydrogens is 170 g/mol. The highest BCUT2D eigenvalue weighted by Gasteiger charge is 2.04. The van der Waals surface area contributed by atoms with E-state index >= 15 is 0 Å². The SMILES string of the molecule is C=Cc1c(C)[nH]c(C)c(O)c1=S. The summed E-state index contributed by atoms with van der Waals surface area (Å²) in [6.07, 6.45) is 1.65. The Morgan fingerprint density at radius 1 is 1.42 bits per heavy atom. The van der Waals surface area contributed by atoms with Gasteiger partial charge in [0.25, 0.3) is 0 Å². The molecule has 0 fully saturated rings. The number of hydrogen-bond donors (Lipinski definition) is 2. The van der Waals surface area contributed by atoms with Gasteiger partial charge in [0.2, 0.25) is 0 Å². The van der Waals surface area contributed by atoms with Crippen molar-refractivity contribution in [2.45, 2.75) is 13.8 Å². The van der Waals surface area contributed by atoms with Crippen molar-refractivity contribution < 1.29 is 5.11 Å². The first-order valence-electron chi connectivity index (χ1n) is 3.62. The lowest BCUT2D eigenvalue weighted by Crippen LogP contribution is -1.91. The van der Waals surface area contributed by atoms with Crippen LogP contribution in [0.25, 0.3) is 6.08 Å². The molecule has 1 heterocycles. The van der Waals surface area contributed by atoms with Crippen LogP contribution < -0.4 is 0 Å². The van der Waals surface area contributed by atoms with Crippen molar-refractivity contribution in [3.05, 3.63) is 28.0 Å². The molecule has 0 aliphatic heterocycles. The van der Waals surface area contributed by atoms with Crippen molar-refractivity contribution in [1.29, 1.82) is 0 Å². The molecule has 0 aromatic carbocycles. The van der Waals surface area contributed by atoms with Crippen LogP contribution >= 0.6 is 12.2 Å². The normalized spacial score (nSPS) is 9.83. The molecule has 0 atom stereocenters. The zero-order valence-electron chi connectivity index (χ0n) is 7.14. The molecule has 64 valence electrons. The fourth-order valence-electron chi connectivity index (χ4n) is 1.12. The molecule has 0 aliphatic carbocycles. The van der Waals surface area contributed by atoms with Crippen LogP contribution in [0.1, 0.15) is 17.0 Å². The summed E-state index contributed by atoms with van der Waals surface area (Å²) >= 11 is 5.03. The van der Waals surface area contributed by atoms with E-state index < -0.39 is 0 Å². The fourth-order valence-corrected chi connectivity index (χ4v) is 1.51. The van der Waals surface area contributed by atoms with E-state index in [1.54, 1.807) is 13.0 Å². The van der Waals surface area contributed by atoms with Crippen LogP contribution in [0.4, 0.5) is 0 Å². The van der Waals surface area contributed by atoms with Crippen molar-refractivity contribution in [1.82, 2.24) is 4.98 Å². The molecule has 1 aromatic heterocycles. The Bertz CT molecular complexity index is 379. The Labute approximate surface area is 76.6 Å². The number of rotatable bonds is 1. The first-order chi connectivity index (χ1) is 5.57. The maximum absolute atomic E-state index is 9.46. The minimum Gasteiger partial charge on any atom is -0.505 e. The molecule has 2 N–H and O–H groups in total. The predicted octanol–water partition coefficient (Wildman–Crippen LogP) is 2.71. The van der Waals surface area contributed by atoms with Gasteiger partial charge in [-0.3, -0.25) is 0 Å². The zero-order chi connectivity index (χ0) is 9.30. The third kappa shape index (κ3) is 1.28. The van der Waals surface area contributed by atoms with Crippen molar-refractivity contribution in [2.24, 2.45) is 0 Å². The average molecular weight is 181 g/mol. The van der Waals surface area contributed by atoms with Crippen LogP contribution in [-0.2, 0) is 0 Å². The minimum absolute atomic E-state index is 0.144. The Hall–Kier alpha value is -1.09. The van der Waals surface area contributed by atoms with Crippen LogP contribution in [0.3, 0.4) is 0 Å². The van der Waals surface area contributed by atoms with Gasteiger partial charge in [-0.05, 0) is 13.8 Å². The highest BCUT2D eigenvalue weighted by molar-refractivity contribution is 7.71. The van der Waals surface area contributed by atoms with Crippen LogP contribution in [0.15, 0.2) is 6.58 Å². The van der Waals surface area contributed by atoms with Crippen LogP contribution in [0, 0.1) is 18.4 Å². The van der Waals surface area contributed by atoms with E-state index in [-0.39, 0.29) is 5.75 Å². The van der Waals surface area contributed by atoms with Crippen molar-refractivity contribution in [2.75, 3.05) is 0 Å². The second kappa shape index (κ2) is 3.11. The number of pyridine rings is 1. The minimum atomic E-state index is 0.144. The van der Waals surface area contributed by atoms with Crippen LogP contribution in [0.5, 0.6) is 5.75 Å². The van der Waals surface area contributed by atoms with Gasteiger partial charge in [-0.1, -0.05) is 24.9 Å². The molecule has 0 saturated carbocycles. The lowest BCUT2D eigenvalue weighted by atomic mass is 10.2. The Morgan fingerprint density at radius 3 is 2.50 bits per heavy atom. The smallest absolute Gasteiger partial charge is 0.153 e. The van der Waals surface area contributed by atoms with Crippen molar-refractivity contribution in [3.63, 3.8) is 0 Å². The van der Waals surface area contributed by atoms with E-state index in [9.17, 15) is 5.11 Å². The summed E-state index contributed by atoms with van der Waals surface area (Å²) in [5.74, 6) is 0.144. The number of aromatic nitrogens is 1. The maximum atomic E-state index is 9.46. The number of hydrogen-bond acceptors (Lipinski definition) is 2. The molecule has 0 amide bonds. The molecule has 12 heavy (non-hydrogen) atoms. The van der Waals surface area contributed by atoms with Crippen molar-refractivity contribution in [3.8, 4) is 5.75 Å². The van der Waals surface area contributed by atoms with Gasteiger partial charge in [0, 0.05) is 11.3 Å². The lowest BCUT2D eigenvalue weighted by Gasteiger charge is -2.05. The quantitative estimate of drug-likeness (QED) is 0.653. The van der Waals surface area contributed by atoms with Gasteiger partial charge >= 0.3 is 0 Å². The molecule has 0 unspecified atom stereocenters. The van der Waals surface area contributed by atoms with Crippen LogP contribution in [-0.4, -0.2) is 10.1 Å². The first kappa shape index (κ1) is 9.00. The maximum Gasteiger partial charge on any atom is 0.153 e. The van der Waals surface area contributed by atoms with E-state index in [0.717, 1.165) is 11.3 Å². The lowest BCUT2D eigenvalue weighted by molar-refractivity contribution is 0.465. The van der Waals surface area contributed by atoms with E-state index in [2.05, 4.69) is 11.6 Å². The van der Waals surface area contributed by atoms with Gasteiger partial charge in [0.1, 0.15) is 0 Å². The van der Waals surface area contributed by atoms with Gasteiger partial charge < -0.3 is 10.1 Å². The van der Waals surface area contributed by atoms with Crippen LogP contribution in [0.2, 0.25) is 0 Å². The second-order valence-corrected chi connectivity index (χ2v) is 3.08. The monoisotopic (exact) mass is 181 g/mol. The standard InChI is InChI=1S/C9H11NOS/c1-4-7-5(2)10-6(3)8(11)9(7)12/h4,11H,1H2,2-3H3,(H,10,12). The molecule has 0 aliphatic rings. The van der Waals surface area contributed by atoms with Gasteiger partial charge in [-0.15, -0.1) is 0 Å². The summed E-state index contributed by atoms with van der Waals surface area (Å²) in [4.78, 5) is 3.01. The molecule has 0 spiro atoms. The topological polar surface area (TPSA) is 36.0 Å². The summed E-state index contributed by atoms with van der Waals surface area (Å²) in [6, 6.07) is 0. The number of aromatic amines is 1. The third-order valence-corrected chi connectivity index (χ3v) is 2.21. The molecule has 0 radical (unpaired) electrons.